The molecule has 0 aliphatic carbocycles. The maximum atomic E-state index is 11.4. The average molecular weight is 1950 g/mol. The number of aliphatic hydroxyl groups excluding tert-OH is 1. The molecule has 0 radical (unpaired) electrons. The fourth-order valence-electron chi connectivity index (χ4n) is 22.6. The van der Waals surface area contributed by atoms with E-state index in [9.17, 15) is 14.7 Å². The molecule has 1 amide bonds. The van der Waals surface area contributed by atoms with E-state index < -0.39 is 0 Å². The molecule has 0 fully saturated rings. The van der Waals surface area contributed by atoms with Gasteiger partial charge in [0.1, 0.15) is 24.7 Å². The van der Waals surface area contributed by atoms with Crippen LogP contribution in [0.3, 0.4) is 0 Å². The van der Waals surface area contributed by atoms with Crippen LogP contribution in [0.15, 0.2) is 136 Å². The third-order valence-corrected chi connectivity index (χ3v) is 35.3. The van der Waals surface area contributed by atoms with E-state index in [1.165, 1.54) is 130 Å². The Morgan fingerprint density at radius 1 is 0.397 bits per heavy atom. The van der Waals surface area contributed by atoms with E-state index in [0.29, 0.717) is 66.7 Å². The number of nitrogens with two attached hydrogens (primary N) is 1. The number of aromatic hydroxyl groups is 1. The zero-order valence-electron chi connectivity index (χ0n) is 79.5. The summed E-state index contributed by atoms with van der Waals surface area (Å²) in [5, 5.41) is 34.0. The van der Waals surface area contributed by atoms with Crippen LogP contribution >= 0.6 is 68.0 Å². The highest BCUT2D eigenvalue weighted by molar-refractivity contribution is 7.14. The highest BCUT2D eigenvalue weighted by Crippen LogP contribution is 2.53. The first kappa shape index (κ1) is 94.9. The van der Waals surface area contributed by atoms with E-state index in [2.05, 4.69) is 153 Å². The summed E-state index contributed by atoms with van der Waals surface area (Å²) >= 11 is 11.2. The Bertz CT molecular complexity index is 6200. The number of rotatable bonds is 16. The molecule has 6 atom stereocenters. The van der Waals surface area contributed by atoms with E-state index in [-0.39, 0.29) is 24.2 Å². The van der Waals surface area contributed by atoms with Crippen LogP contribution in [0, 0.1) is 0 Å². The Hall–Kier alpha value is -10.1. The number of nitrogens with one attached hydrogen (secondary N) is 1. The van der Waals surface area contributed by atoms with Crippen molar-refractivity contribution in [3.05, 3.63) is 265 Å². The molecule has 29 heteroatoms. The Balaban J connectivity index is 0.000000105. The van der Waals surface area contributed by atoms with Crippen molar-refractivity contribution >= 4 is 91.3 Å². The first-order chi connectivity index (χ1) is 66.3. The van der Waals surface area contributed by atoms with Gasteiger partial charge >= 0.3 is 5.97 Å². The highest BCUT2D eigenvalue weighted by atomic mass is 32.1. The van der Waals surface area contributed by atoms with Gasteiger partial charge in [0.15, 0.2) is 51.1 Å². The summed E-state index contributed by atoms with van der Waals surface area (Å²) in [5.41, 5.74) is 31.9. The number of methoxy groups -OCH3 is 7. The van der Waals surface area contributed by atoms with Gasteiger partial charge in [-0.25, -0.2) is 0 Å². The lowest BCUT2D eigenvalue weighted by molar-refractivity contribution is -0.132. The van der Waals surface area contributed by atoms with Crippen LogP contribution in [-0.4, -0.2) is 186 Å². The minimum Gasteiger partial charge on any atom is -0.504 e. The second-order valence-electron chi connectivity index (χ2n) is 36.9. The second kappa shape index (κ2) is 41.9. The number of esters is 1. The number of fused-ring (bicyclic) bond motifs is 24. The predicted molar refractivity (Wildman–Crippen MR) is 542 cm³/mol. The Morgan fingerprint density at radius 2 is 0.735 bits per heavy atom. The van der Waals surface area contributed by atoms with Crippen LogP contribution in [0.4, 0.5) is 11.4 Å². The number of nitrogens with zero attached hydrogens (tertiary/aromatic N) is 7. The number of amides is 1. The molecular formula is C107H123N9O14S6. The number of likely N-dealkylation sites (N-methyl/N-ethyl adjacent to an activating group) is 1. The van der Waals surface area contributed by atoms with Crippen LogP contribution in [0.2, 0.25) is 0 Å². The zero-order chi connectivity index (χ0) is 94.1. The fourth-order valence-corrected chi connectivity index (χ4v) is 28.4. The molecule has 716 valence electrons. The lowest BCUT2D eigenvalue weighted by Crippen LogP contribution is -2.38. The van der Waals surface area contributed by atoms with E-state index in [0.717, 1.165) is 211 Å². The third kappa shape index (κ3) is 19.3. The molecule has 12 aliphatic heterocycles. The zero-order valence-corrected chi connectivity index (χ0v) is 84.4. The maximum absolute atomic E-state index is 11.4. The first-order valence-corrected chi connectivity index (χ1v) is 52.5. The molecule has 5 N–H and O–H groups in total. The number of anilines is 2. The van der Waals surface area contributed by atoms with Gasteiger partial charge < -0.3 is 73.5 Å². The lowest BCUT2D eigenvalue weighted by atomic mass is 9.86. The molecule has 0 spiro atoms. The monoisotopic (exact) mass is 1950 g/mol. The van der Waals surface area contributed by atoms with Gasteiger partial charge in [0, 0.05) is 198 Å². The van der Waals surface area contributed by atoms with Gasteiger partial charge in [0.05, 0.1) is 67.8 Å². The third-order valence-electron chi connectivity index (χ3n) is 29.1. The van der Waals surface area contributed by atoms with Crippen molar-refractivity contribution in [3.8, 4) is 62.6 Å². The minimum atomic E-state index is -0.321. The number of thiophene rings is 6. The Labute approximate surface area is 821 Å². The number of benzene rings is 6. The predicted octanol–water partition coefficient (Wildman–Crippen LogP) is 19.0. The van der Waals surface area contributed by atoms with Crippen LogP contribution < -0.4 is 58.4 Å². The molecule has 0 saturated heterocycles. The van der Waals surface area contributed by atoms with E-state index in [4.69, 9.17) is 58.2 Å². The van der Waals surface area contributed by atoms with Gasteiger partial charge in [0.25, 0.3) is 0 Å². The summed E-state index contributed by atoms with van der Waals surface area (Å²) in [6.07, 6.45) is 12.9. The van der Waals surface area contributed by atoms with Crippen molar-refractivity contribution in [3.63, 3.8) is 0 Å². The summed E-state index contributed by atoms with van der Waals surface area (Å²) in [4.78, 5) is 49.3. The van der Waals surface area contributed by atoms with E-state index in [1.54, 1.807) is 81.8 Å². The van der Waals surface area contributed by atoms with Gasteiger partial charge in [-0.3, -0.25) is 39.0 Å². The fraction of sp³-hybridized carbons (Fsp3) is 0.421. The second-order valence-corrected chi connectivity index (χ2v) is 42.9. The minimum absolute atomic E-state index is 0.00930. The number of phenols is 1. The van der Waals surface area contributed by atoms with Crippen LogP contribution in [0.25, 0.3) is 0 Å². The number of carbonyl (C=O) groups excluding carboxylic acids is 2. The molecule has 6 aromatic heterocycles. The van der Waals surface area contributed by atoms with Crippen LogP contribution in [0.1, 0.15) is 180 Å². The molecule has 23 nitrogen and oxygen atoms in total. The molecule has 12 aromatic rings. The van der Waals surface area contributed by atoms with E-state index >= 15 is 0 Å². The normalized spacial score (nSPS) is 19.8. The van der Waals surface area contributed by atoms with Gasteiger partial charge in [-0.05, 0) is 258 Å². The van der Waals surface area contributed by atoms with Crippen molar-refractivity contribution in [2.45, 2.75) is 166 Å². The maximum Gasteiger partial charge on any atom is 0.308 e. The Morgan fingerprint density at radius 3 is 1.12 bits per heavy atom. The van der Waals surface area contributed by atoms with Crippen molar-refractivity contribution in [1.82, 2.24) is 34.3 Å². The average Bonchev–Trinajstić information content (AvgIpc) is 1.04. The summed E-state index contributed by atoms with van der Waals surface area (Å²) in [6.45, 7) is 16.7. The topological polar surface area (TPSA) is 228 Å². The summed E-state index contributed by atoms with van der Waals surface area (Å²) in [6, 6.07) is 41.0. The quantitative estimate of drug-likeness (QED) is 0.0400. The van der Waals surface area contributed by atoms with Crippen LogP contribution in [0.5, 0.6) is 62.6 Å². The number of hydrogen-bond donors (Lipinski definition) is 4. The van der Waals surface area contributed by atoms with Crippen molar-refractivity contribution in [1.29, 1.82) is 0 Å². The summed E-state index contributed by atoms with van der Waals surface area (Å²) in [7, 11) is 16.0. The molecular weight excluding hydrogens is 1830 g/mol. The van der Waals surface area contributed by atoms with Crippen LogP contribution in [-0.2, 0) is 126 Å². The van der Waals surface area contributed by atoms with Gasteiger partial charge in [-0.2, -0.15) is 0 Å². The standard InChI is InChI=1S/C20H26N2O2S.C18H20N2O2S.C18H19NO3S.C18H21NO3S.C17H19NO3S.C16H18N2OS/c1-21(2)9-10-24-18-5-4-14-12-17-15-7-11-25-19(15)6-8-22(17)13-16(14)20(18)23-3;1-11(21)19-15-4-3-12-9-16-13-6-8-23-17(13)5-7-20(16)10-14(12)18(15)22-2;1-11(20)22-16-4-3-12-9-15-13-6-8-23-17(13)5-7-19(15)10-14(12)18(16)21-2;1-21-18-14-11-19-6-4-17-13(5-9-23-17)15(19)10-12(14)2-3-16(18)22-8-7-20;1-20-15-8-11-5-6-18-9-12-10(7-13(18)17(11)22-15)3-4-14(19)16(12)21-2;1-19-16-12-9-18-6-4-15-11(5-7-20-15)14(18)8-10(12)2-3-13(16)17/h4-5,7,11,17H,6,8-10,12-13H2,1-3H3;3-4,6,8,16H,5,7,9-10H2,1-2H3,(H,19,21);3-4,6,8,15H,5,7,9-10H2,1-2H3;2-3,5,9,15,20H,4,6-8,10-11H2,1H3;3-4,8,13,19H,5-7,9H2,1-2H3;2-3,5,7,14H,4,6,8-9,17H2,1H3/t17-;16-;2*15-;13-;14-/m000000/s1. The number of ether oxygens (including phenoxy) is 10. The molecule has 0 unspecified atom stereocenters. The molecule has 24 rings (SSSR count). The van der Waals surface area contributed by atoms with Gasteiger partial charge in [0.2, 0.25) is 5.91 Å². The summed E-state index contributed by atoms with van der Waals surface area (Å²) < 4.78 is 55.9. The first-order valence-electron chi connectivity index (χ1n) is 47.3. The molecule has 18 heterocycles. The highest BCUT2D eigenvalue weighted by Gasteiger charge is 2.43. The number of hydrogen-bond acceptors (Lipinski definition) is 28. The molecule has 0 bridgehead atoms. The number of carbonyl (C=O) groups is 2. The molecule has 136 heavy (non-hydrogen) atoms. The van der Waals surface area contributed by atoms with Gasteiger partial charge in [-0.1, -0.05) is 36.4 Å². The SMILES string of the molecule is COc1c(N)ccc2c1CN1CCc3sccc3[C@@H]1C2.COc1c(NC(C)=O)ccc2c1CN1CCc3sccc3[C@@H]1C2.COc1c(OC(C)=O)ccc2c1CN1CCc3sccc3[C@@H]1C2.COc1c(OCCN(C)C)ccc2c1CN1CCc3sccc3[C@@H]1C2.COc1c(OCCO)ccc2c1CN1CCc3sccc3[C@@H]1C2.COc1cc2c(s1)[C@@H]1Cc3ccc(O)c(OC)c3CN1CC2. The van der Waals surface area contributed by atoms with Crippen molar-refractivity contribution in [2.75, 3.05) is 141 Å². The molecule has 12 aliphatic rings. The van der Waals surface area contributed by atoms with Crippen molar-refractivity contribution < 1.29 is 67.2 Å². The Kier molecular flexibility index (Phi) is 29.3. The molecule has 0 saturated carbocycles. The largest absolute Gasteiger partial charge is 0.504 e. The van der Waals surface area contributed by atoms with E-state index in [1.807, 2.05) is 87.0 Å². The number of aliphatic hydroxyl groups is 1. The molecule has 6 aromatic carbocycles. The van der Waals surface area contributed by atoms with Gasteiger partial charge in [-0.15, -0.1) is 68.0 Å². The number of phenolic OH excluding ortho intramolecular Hbond substituents is 1. The smallest absolute Gasteiger partial charge is 0.308 e. The summed E-state index contributed by atoms with van der Waals surface area (Å²) in [5.74, 6) is 6.72. The lowest BCUT2D eigenvalue weighted by Gasteiger charge is -2.40. The van der Waals surface area contributed by atoms with Crippen molar-refractivity contribution in [2.24, 2.45) is 0 Å². The number of nitrogen functional groups attached to an aromatic ring is 1.